The summed E-state index contributed by atoms with van der Waals surface area (Å²) in [6.07, 6.45) is 8.52. The highest BCUT2D eigenvalue weighted by Gasteiger charge is 2.35. The van der Waals surface area contributed by atoms with E-state index in [1.54, 1.807) is 10.9 Å². The quantitative estimate of drug-likeness (QED) is 0.910. The normalized spacial score (nSPS) is 26.3. The summed E-state index contributed by atoms with van der Waals surface area (Å²) in [5.74, 6) is 2.26. The van der Waals surface area contributed by atoms with Crippen LogP contribution >= 0.6 is 0 Å². The minimum Gasteiger partial charge on any atom is -0.383 e. The summed E-state index contributed by atoms with van der Waals surface area (Å²) in [5.41, 5.74) is 6.89. The SMILES string of the molecule is Cn1ncc2c(N)nc(CN3CCCC4CCCC43)nc21. The predicted molar refractivity (Wildman–Crippen MR) is 81.5 cm³/mol. The van der Waals surface area contributed by atoms with Gasteiger partial charge in [-0.25, -0.2) is 9.97 Å². The fourth-order valence-electron chi connectivity index (χ4n) is 4.10. The molecule has 21 heavy (non-hydrogen) atoms. The number of fused-ring (bicyclic) bond motifs is 2. The van der Waals surface area contributed by atoms with Gasteiger partial charge in [-0.05, 0) is 38.1 Å². The van der Waals surface area contributed by atoms with E-state index in [1.165, 1.54) is 32.1 Å². The third kappa shape index (κ3) is 2.18. The second-order valence-corrected chi connectivity index (χ2v) is 6.40. The molecule has 0 aromatic carbocycles. The van der Waals surface area contributed by atoms with E-state index in [-0.39, 0.29) is 0 Å². The van der Waals surface area contributed by atoms with Crippen molar-refractivity contribution in [1.29, 1.82) is 0 Å². The summed E-state index contributed by atoms with van der Waals surface area (Å²) in [7, 11) is 1.90. The number of aromatic nitrogens is 4. The van der Waals surface area contributed by atoms with Gasteiger partial charge in [0.15, 0.2) is 5.65 Å². The first-order valence-corrected chi connectivity index (χ1v) is 7.90. The van der Waals surface area contributed by atoms with Gasteiger partial charge in [0.1, 0.15) is 11.6 Å². The number of likely N-dealkylation sites (tertiary alicyclic amines) is 1. The number of hydrogen-bond donors (Lipinski definition) is 1. The molecule has 6 nitrogen and oxygen atoms in total. The van der Waals surface area contributed by atoms with E-state index >= 15 is 0 Å². The first-order chi connectivity index (χ1) is 10.2. The van der Waals surface area contributed by atoms with Crippen LogP contribution in [0.3, 0.4) is 0 Å². The topological polar surface area (TPSA) is 72.9 Å². The maximum Gasteiger partial charge on any atom is 0.163 e. The van der Waals surface area contributed by atoms with E-state index in [9.17, 15) is 0 Å². The molecule has 0 radical (unpaired) electrons. The second-order valence-electron chi connectivity index (χ2n) is 6.40. The smallest absolute Gasteiger partial charge is 0.163 e. The van der Waals surface area contributed by atoms with Gasteiger partial charge in [-0.1, -0.05) is 6.42 Å². The number of nitrogens with two attached hydrogens (primary N) is 1. The van der Waals surface area contributed by atoms with Crippen LogP contribution in [0.25, 0.3) is 11.0 Å². The molecule has 1 aliphatic heterocycles. The van der Waals surface area contributed by atoms with Crippen molar-refractivity contribution in [2.45, 2.75) is 44.7 Å². The highest BCUT2D eigenvalue weighted by molar-refractivity contribution is 5.84. The van der Waals surface area contributed by atoms with Crippen molar-refractivity contribution in [3.63, 3.8) is 0 Å². The Morgan fingerprint density at radius 1 is 1.24 bits per heavy atom. The fourth-order valence-corrected chi connectivity index (χ4v) is 4.10. The molecule has 0 bridgehead atoms. The molecule has 2 unspecified atom stereocenters. The van der Waals surface area contributed by atoms with Crippen LogP contribution in [-0.4, -0.2) is 37.2 Å². The van der Waals surface area contributed by atoms with Crippen LogP contribution in [0.4, 0.5) is 5.82 Å². The van der Waals surface area contributed by atoms with Gasteiger partial charge in [-0.15, -0.1) is 0 Å². The number of aryl methyl sites for hydroxylation is 1. The largest absolute Gasteiger partial charge is 0.383 e. The van der Waals surface area contributed by atoms with Gasteiger partial charge in [-0.2, -0.15) is 5.10 Å². The highest BCUT2D eigenvalue weighted by Crippen LogP contribution is 2.37. The molecule has 2 aliphatic rings. The van der Waals surface area contributed by atoms with Crippen LogP contribution in [0.1, 0.15) is 37.9 Å². The van der Waals surface area contributed by atoms with Gasteiger partial charge in [0.25, 0.3) is 0 Å². The summed E-state index contributed by atoms with van der Waals surface area (Å²) in [6.45, 7) is 1.97. The predicted octanol–water partition coefficient (Wildman–Crippen LogP) is 1.71. The van der Waals surface area contributed by atoms with E-state index in [0.717, 1.165) is 41.9 Å². The average molecular weight is 286 g/mol. The van der Waals surface area contributed by atoms with Crippen molar-refractivity contribution in [3.8, 4) is 0 Å². The maximum atomic E-state index is 6.06. The Labute approximate surface area is 124 Å². The van der Waals surface area contributed by atoms with Gasteiger partial charge in [0, 0.05) is 13.1 Å². The molecular weight excluding hydrogens is 264 g/mol. The Morgan fingerprint density at radius 2 is 2.10 bits per heavy atom. The van der Waals surface area contributed by atoms with Crippen molar-refractivity contribution >= 4 is 16.9 Å². The summed E-state index contributed by atoms with van der Waals surface area (Å²) in [5, 5.41) is 5.06. The Bertz CT molecular complexity index is 663. The first-order valence-electron chi connectivity index (χ1n) is 7.90. The average Bonchev–Trinajstić information content (AvgIpc) is 3.07. The minimum atomic E-state index is 0.545. The summed E-state index contributed by atoms with van der Waals surface area (Å²) < 4.78 is 1.77. The molecule has 1 saturated heterocycles. The monoisotopic (exact) mass is 286 g/mol. The molecule has 2 N–H and O–H groups in total. The van der Waals surface area contributed by atoms with E-state index in [0.29, 0.717) is 5.82 Å². The Balaban J connectivity index is 1.63. The lowest BCUT2D eigenvalue weighted by Gasteiger charge is -2.37. The molecule has 2 aromatic rings. The lowest BCUT2D eigenvalue weighted by Crippen LogP contribution is -2.42. The molecular formula is C15H22N6. The van der Waals surface area contributed by atoms with Crippen molar-refractivity contribution in [2.75, 3.05) is 12.3 Å². The molecule has 2 aromatic heterocycles. The van der Waals surface area contributed by atoms with Crippen LogP contribution < -0.4 is 5.73 Å². The summed E-state index contributed by atoms with van der Waals surface area (Å²) in [4.78, 5) is 11.7. The fraction of sp³-hybridized carbons (Fsp3) is 0.667. The zero-order chi connectivity index (χ0) is 14.4. The standard InChI is InChI=1S/C15H22N6/c1-20-15-11(8-17-20)14(16)18-13(19-15)9-21-7-3-5-10-4-2-6-12(10)21/h8,10,12H,2-7,9H2,1H3,(H2,16,18,19). The van der Waals surface area contributed by atoms with Crippen molar-refractivity contribution in [1.82, 2.24) is 24.6 Å². The lowest BCUT2D eigenvalue weighted by molar-refractivity contribution is 0.103. The maximum absolute atomic E-state index is 6.06. The van der Waals surface area contributed by atoms with E-state index in [2.05, 4.69) is 20.0 Å². The van der Waals surface area contributed by atoms with Gasteiger partial charge in [-0.3, -0.25) is 9.58 Å². The number of piperidine rings is 1. The number of nitrogens with zero attached hydrogens (tertiary/aromatic N) is 5. The number of anilines is 1. The molecule has 4 rings (SSSR count). The Morgan fingerprint density at radius 3 is 3.00 bits per heavy atom. The second kappa shape index (κ2) is 4.94. The molecule has 2 atom stereocenters. The molecule has 6 heteroatoms. The van der Waals surface area contributed by atoms with Crippen LogP contribution in [-0.2, 0) is 13.6 Å². The third-order valence-electron chi connectivity index (χ3n) is 5.12. The van der Waals surface area contributed by atoms with Gasteiger partial charge >= 0.3 is 0 Å². The van der Waals surface area contributed by atoms with E-state index in [4.69, 9.17) is 5.73 Å². The first kappa shape index (κ1) is 13.0. The molecule has 0 spiro atoms. The zero-order valence-corrected chi connectivity index (χ0v) is 12.5. The van der Waals surface area contributed by atoms with Crippen molar-refractivity contribution < 1.29 is 0 Å². The van der Waals surface area contributed by atoms with Gasteiger partial charge in [0.05, 0.1) is 18.1 Å². The van der Waals surface area contributed by atoms with Gasteiger partial charge < -0.3 is 5.73 Å². The highest BCUT2D eigenvalue weighted by atomic mass is 15.3. The van der Waals surface area contributed by atoms with Crippen molar-refractivity contribution in [3.05, 3.63) is 12.0 Å². The molecule has 3 heterocycles. The Kier molecular flexibility index (Phi) is 3.06. The van der Waals surface area contributed by atoms with Gasteiger partial charge in [0.2, 0.25) is 0 Å². The number of nitrogen functional groups attached to an aromatic ring is 1. The molecule has 1 aliphatic carbocycles. The van der Waals surface area contributed by atoms with Crippen LogP contribution in [0.5, 0.6) is 0 Å². The molecule has 0 amide bonds. The summed E-state index contributed by atoms with van der Waals surface area (Å²) >= 11 is 0. The minimum absolute atomic E-state index is 0.545. The molecule has 2 fully saturated rings. The summed E-state index contributed by atoms with van der Waals surface area (Å²) in [6, 6.07) is 0.728. The number of hydrogen-bond acceptors (Lipinski definition) is 5. The Hall–Kier alpha value is -1.69. The van der Waals surface area contributed by atoms with Crippen LogP contribution in [0, 0.1) is 5.92 Å². The van der Waals surface area contributed by atoms with E-state index < -0.39 is 0 Å². The van der Waals surface area contributed by atoms with Crippen LogP contribution in [0.15, 0.2) is 6.20 Å². The van der Waals surface area contributed by atoms with E-state index in [1.807, 2.05) is 7.05 Å². The lowest BCUT2D eigenvalue weighted by atomic mass is 9.92. The zero-order valence-electron chi connectivity index (χ0n) is 12.5. The number of rotatable bonds is 2. The molecule has 112 valence electrons. The van der Waals surface area contributed by atoms with Crippen LogP contribution in [0.2, 0.25) is 0 Å². The third-order valence-corrected chi connectivity index (χ3v) is 5.12. The van der Waals surface area contributed by atoms with Crippen molar-refractivity contribution in [2.24, 2.45) is 13.0 Å². The molecule has 1 saturated carbocycles.